The average Bonchev–Trinajstić information content (AvgIpc) is 2.39. The molecule has 1 rings (SSSR count). The molecule has 0 aliphatic carbocycles. The Bertz CT molecular complexity index is 386. The fraction of sp³-hybridized carbons (Fsp3) is 0.214. The number of hydrogen-bond donors (Lipinski definition) is 1. The zero-order valence-corrected chi connectivity index (χ0v) is 9.75. The van der Waals surface area contributed by atoms with Crippen LogP contribution in [0.15, 0.2) is 55.6 Å². The Balaban J connectivity index is 2.64. The molecule has 90 valence electrons. The second kappa shape index (κ2) is 6.66. The Labute approximate surface area is 102 Å². The lowest BCUT2D eigenvalue weighted by atomic mass is 10.1. The van der Waals surface area contributed by atoms with Crippen LogP contribution in [0, 0.1) is 0 Å². The Morgan fingerprint density at radius 3 is 2.53 bits per heavy atom. The maximum absolute atomic E-state index is 11.5. The number of rotatable bonds is 6. The van der Waals surface area contributed by atoms with Gasteiger partial charge in [-0.05, 0) is 24.1 Å². The molecule has 1 N–H and O–H groups in total. The second-order valence-corrected chi connectivity index (χ2v) is 3.62. The van der Waals surface area contributed by atoms with Crippen LogP contribution in [-0.4, -0.2) is 28.7 Å². The fourth-order valence-electron chi connectivity index (χ4n) is 1.51. The standard InChI is InChI=1S/C14H17NO2/c1-3-13(16)15(14(17)4-2)11-10-12-8-6-5-7-9-12/h3-9,13,16H,1-2,10-11H2. The van der Waals surface area contributed by atoms with Gasteiger partial charge >= 0.3 is 0 Å². The summed E-state index contributed by atoms with van der Waals surface area (Å²) >= 11 is 0. The molecule has 1 atom stereocenters. The summed E-state index contributed by atoms with van der Waals surface area (Å²) in [6.07, 6.45) is 2.24. The van der Waals surface area contributed by atoms with Crippen molar-refractivity contribution in [3.05, 3.63) is 61.2 Å². The highest BCUT2D eigenvalue weighted by Crippen LogP contribution is 2.05. The van der Waals surface area contributed by atoms with E-state index >= 15 is 0 Å². The number of aliphatic hydroxyl groups excluding tert-OH is 1. The maximum Gasteiger partial charge on any atom is 0.248 e. The van der Waals surface area contributed by atoms with E-state index in [2.05, 4.69) is 13.2 Å². The summed E-state index contributed by atoms with van der Waals surface area (Å²) in [6, 6.07) is 9.79. The quantitative estimate of drug-likeness (QED) is 0.460. The van der Waals surface area contributed by atoms with Gasteiger partial charge in [-0.25, -0.2) is 0 Å². The highest BCUT2D eigenvalue weighted by molar-refractivity contribution is 5.87. The molecule has 1 aromatic carbocycles. The third kappa shape index (κ3) is 3.89. The van der Waals surface area contributed by atoms with Crippen molar-refractivity contribution in [1.29, 1.82) is 0 Å². The van der Waals surface area contributed by atoms with E-state index in [9.17, 15) is 9.90 Å². The highest BCUT2D eigenvalue weighted by Gasteiger charge is 2.16. The molecule has 0 aliphatic rings. The minimum atomic E-state index is -0.968. The zero-order chi connectivity index (χ0) is 12.7. The van der Waals surface area contributed by atoms with Gasteiger partial charge in [-0.3, -0.25) is 4.79 Å². The third-order valence-corrected chi connectivity index (χ3v) is 2.47. The van der Waals surface area contributed by atoms with E-state index < -0.39 is 6.23 Å². The summed E-state index contributed by atoms with van der Waals surface area (Å²) < 4.78 is 0. The first-order chi connectivity index (χ1) is 8.19. The van der Waals surface area contributed by atoms with Crippen molar-refractivity contribution in [3.8, 4) is 0 Å². The largest absolute Gasteiger partial charge is 0.370 e. The van der Waals surface area contributed by atoms with E-state index in [0.29, 0.717) is 13.0 Å². The molecular weight excluding hydrogens is 214 g/mol. The molecule has 0 fully saturated rings. The van der Waals surface area contributed by atoms with Crippen molar-refractivity contribution in [1.82, 2.24) is 4.90 Å². The smallest absolute Gasteiger partial charge is 0.248 e. The van der Waals surface area contributed by atoms with Gasteiger partial charge in [-0.15, -0.1) is 0 Å². The monoisotopic (exact) mass is 231 g/mol. The minimum Gasteiger partial charge on any atom is -0.370 e. The Kier molecular flexibility index (Phi) is 5.17. The van der Waals surface area contributed by atoms with Crippen LogP contribution in [0.5, 0.6) is 0 Å². The summed E-state index contributed by atoms with van der Waals surface area (Å²) in [5.41, 5.74) is 1.12. The van der Waals surface area contributed by atoms with Gasteiger partial charge in [0.25, 0.3) is 0 Å². The predicted molar refractivity (Wildman–Crippen MR) is 68.3 cm³/mol. The van der Waals surface area contributed by atoms with Gasteiger partial charge < -0.3 is 10.0 Å². The minimum absolute atomic E-state index is 0.298. The van der Waals surface area contributed by atoms with Crippen molar-refractivity contribution in [2.24, 2.45) is 0 Å². The van der Waals surface area contributed by atoms with Gasteiger partial charge in [0, 0.05) is 6.54 Å². The van der Waals surface area contributed by atoms with E-state index in [1.165, 1.54) is 17.1 Å². The number of nitrogens with zero attached hydrogens (tertiary/aromatic N) is 1. The lowest BCUT2D eigenvalue weighted by Gasteiger charge is -2.24. The van der Waals surface area contributed by atoms with Crippen molar-refractivity contribution in [2.75, 3.05) is 6.54 Å². The zero-order valence-electron chi connectivity index (χ0n) is 9.75. The SMILES string of the molecule is C=CC(=O)N(CCc1ccccc1)C(O)C=C. The van der Waals surface area contributed by atoms with Crippen LogP contribution in [0.1, 0.15) is 5.56 Å². The van der Waals surface area contributed by atoms with E-state index in [1.54, 1.807) is 0 Å². The van der Waals surface area contributed by atoms with Crippen LogP contribution < -0.4 is 0 Å². The summed E-state index contributed by atoms with van der Waals surface area (Å²) in [4.78, 5) is 12.9. The van der Waals surface area contributed by atoms with Crippen LogP contribution in [0.3, 0.4) is 0 Å². The number of benzene rings is 1. The molecule has 0 spiro atoms. The molecule has 0 radical (unpaired) electrons. The van der Waals surface area contributed by atoms with Crippen LogP contribution in [0.4, 0.5) is 0 Å². The number of hydrogen-bond acceptors (Lipinski definition) is 2. The second-order valence-electron chi connectivity index (χ2n) is 3.62. The normalized spacial score (nSPS) is 11.6. The Hall–Kier alpha value is -1.87. The first kappa shape index (κ1) is 13.2. The van der Waals surface area contributed by atoms with Crippen molar-refractivity contribution < 1.29 is 9.90 Å². The molecular formula is C14H17NO2. The van der Waals surface area contributed by atoms with Crippen molar-refractivity contribution in [2.45, 2.75) is 12.6 Å². The molecule has 0 aliphatic heterocycles. The Morgan fingerprint density at radius 1 is 1.35 bits per heavy atom. The molecule has 1 unspecified atom stereocenters. The molecule has 0 saturated heterocycles. The molecule has 0 bridgehead atoms. The number of carbonyl (C=O) groups is 1. The fourth-order valence-corrected chi connectivity index (χ4v) is 1.51. The molecule has 3 nitrogen and oxygen atoms in total. The first-order valence-electron chi connectivity index (χ1n) is 5.46. The van der Waals surface area contributed by atoms with Crippen LogP contribution in [0.25, 0.3) is 0 Å². The molecule has 3 heteroatoms. The van der Waals surface area contributed by atoms with Crippen LogP contribution >= 0.6 is 0 Å². The average molecular weight is 231 g/mol. The van der Waals surface area contributed by atoms with Crippen molar-refractivity contribution in [3.63, 3.8) is 0 Å². The van der Waals surface area contributed by atoms with Crippen molar-refractivity contribution >= 4 is 5.91 Å². The summed E-state index contributed by atoms with van der Waals surface area (Å²) in [5, 5.41) is 9.64. The lowest BCUT2D eigenvalue weighted by molar-refractivity contribution is -0.133. The van der Waals surface area contributed by atoms with Gasteiger partial charge in [0.05, 0.1) is 0 Å². The molecule has 17 heavy (non-hydrogen) atoms. The predicted octanol–water partition coefficient (Wildman–Crippen LogP) is 1.75. The van der Waals surface area contributed by atoms with Crippen LogP contribution in [-0.2, 0) is 11.2 Å². The van der Waals surface area contributed by atoms with Gasteiger partial charge in [0.15, 0.2) is 0 Å². The van der Waals surface area contributed by atoms with E-state index in [-0.39, 0.29) is 5.91 Å². The van der Waals surface area contributed by atoms with Gasteiger partial charge in [-0.1, -0.05) is 43.5 Å². The summed E-state index contributed by atoms with van der Waals surface area (Å²) in [5.74, 6) is -0.298. The topological polar surface area (TPSA) is 40.5 Å². The third-order valence-electron chi connectivity index (χ3n) is 2.47. The molecule has 1 amide bonds. The molecule has 1 aromatic rings. The molecule has 0 aromatic heterocycles. The lowest BCUT2D eigenvalue weighted by Crippen LogP contribution is -2.39. The van der Waals surface area contributed by atoms with E-state index in [0.717, 1.165) is 5.56 Å². The van der Waals surface area contributed by atoms with E-state index in [4.69, 9.17) is 0 Å². The number of aliphatic hydroxyl groups is 1. The maximum atomic E-state index is 11.5. The van der Waals surface area contributed by atoms with Gasteiger partial charge in [0.1, 0.15) is 6.23 Å². The molecule has 0 heterocycles. The summed E-state index contributed by atoms with van der Waals surface area (Å²) in [6.45, 7) is 7.32. The first-order valence-corrected chi connectivity index (χ1v) is 5.46. The number of carbonyl (C=O) groups excluding carboxylic acids is 1. The Morgan fingerprint density at radius 2 is 2.00 bits per heavy atom. The highest BCUT2D eigenvalue weighted by atomic mass is 16.3. The van der Waals surface area contributed by atoms with E-state index in [1.807, 2.05) is 30.3 Å². The summed E-state index contributed by atoms with van der Waals surface area (Å²) in [7, 11) is 0. The van der Waals surface area contributed by atoms with Gasteiger partial charge in [0.2, 0.25) is 5.91 Å². The van der Waals surface area contributed by atoms with Gasteiger partial charge in [-0.2, -0.15) is 0 Å². The number of amides is 1. The molecule has 0 saturated carbocycles. The van der Waals surface area contributed by atoms with Crippen LogP contribution in [0.2, 0.25) is 0 Å².